The van der Waals surface area contributed by atoms with Crippen LogP contribution in [0.15, 0.2) is 90.0 Å². The van der Waals surface area contributed by atoms with Crippen molar-refractivity contribution in [3.05, 3.63) is 118 Å². The minimum Gasteiger partial charge on any atom is -0.491 e. The number of nitrogen functional groups attached to an aromatic ring is 1. The number of amides is 2. The van der Waals surface area contributed by atoms with Gasteiger partial charge >= 0.3 is 0 Å². The molecule has 2 aromatic heterocycles. The smallest absolute Gasteiger partial charge is 0.252 e. The predicted molar refractivity (Wildman–Crippen MR) is 177 cm³/mol. The second-order valence-electron chi connectivity index (χ2n) is 9.42. The summed E-state index contributed by atoms with van der Waals surface area (Å²) in [6, 6.07) is 22.4. The van der Waals surface area contributed by atoms with Crippen LogP contribution in [-0.2, 0) is 17.0 Å². The highest BCUT2D eigenvalue weighted by molar-refractivity contribution is 7.98. The van der Waals surface area contributed by atoms with Gasteiger partial charge in [-0.25, -0.2) is 15.8 Å². The highest BCUT2D eigenvalue weighted by Crippen LogP contribution is 2.35. The molecule has 0 aliphatic rings. The lowest BCUT2D eigenvalue weighted by atomic mass is 10.2. The van der Waals surface area contributed by atoms with Crippen molar-refractivity contribution in [2.75, 3.05) is 25.1 Å². The van der Waals surface area contributed by atoms with Gasteiger partial charge in [0.05, 0.1) is 27.9 Å². The third-order valence-electron chi connectivity index (χ3n) is 6.22. The van der Waals surface area contributed by atoms with E-state index in [0.29, 0.717) is 64.7 Å². The lowest BCUT2D eigenvalue weighted by Crippen LogP contribution is -2.29. The van der Waals surface area contributed by atoms with Crippen LogP contribution >= 0.6 is 35.0 Å². The summed E-state index contributed by atoms with van der Waals surface area (Å²) < 4.78 is 6.07. The van der Waals surface area contributed by atoms with Crippen LogP contribution in [0.5, 0.6) is 5.75 Å². The van der Waals surface area contributed by atoms with Crippen molar-refractivity contribution in [2.24, 2.45) is 5.84 Å². The van der Waals surface area contributed by atoms with E-state index in [4.69, 9.17) is 38.8 Å². The van der Waals surface area contributed by atoms with Crippen LogP contribution in [0.4, 0.5) is 5.82 Å². The molecule has 0 aliphatic carbocycles. The van der Waals surface area contributed by atoms with Gasteiger partial charge in [-0.2, -0.15) is 0 Å². The highest BCUT2D eigenvalue weighted by Gasteiger charge is 2.11. The molecule has 2 aromatic carbocycles. The summed E-state index contributed by atoms with van der Waals surface area (Å²) in [5.74, 6) is 6.31. The first-order valence-corrected chi connectivity index (χ1v) is 15.6. The van der Waals surface area contributed by atoms with Crippen LogP contribution in [0.2, 0.25) is 10.0 Å². The Balaban J connectivity index is 1.32. The third kappa shape index (κ3) is 10.3. The zero-order chi connectivity index (χ0) is 31.1. The van der Waals surface area contributed by atoms with E-state index in [1.807, 2.05) is 42.5 Å². The minimum atomic E-state index is -0.287. The van der Waals surface area contributed by atoms with Gasteiger partial charge in [-0.05, 0) is 54.5 Å². The third-order valence-corrected chi connectivity index (χ3v) is 8.25. The van der Waals surface area contributed by atoms with Gasteiger partial charge in [0.25, 0.3) is 5.91 Å². The first-order chi connectivity index (χ1) is 21.4. The highest BCUT2D eigenvalue weighted by atomic mass is 35.5. The molecule has 228 valence electrons. The molecule has 0 radical (unpaired) electrons. The number of nitrogens with one attached hydrogen (secondary N) is 3. The van der Waals surface area contributed by atoms with E-state index < -0.39 is 0 Å². The van der Waals surface area contributed by atoms with Crippen molar-refractivity contribution >= 4 is 58.7 Å². The number of halogens is 2. The molecule has 44 heavy (non-hydrogen) atoms. The maximum absolute atomic E-state index is 12.6. The van der Waals surface area contributed by atoms with Gasteiger partial charge in [-0.1, -0.05) is 59.6 Å². The topological polar surface area (TPSA) is 131 Å². The molecular weight excluding hydrogens is 619 g/mol. The Bertz CT molecular complexity index is 1550. The van der Waals surface area contributed by atoms with Gasteiger partial charge in [0.15, 0.2) is 0 Å². The van der Waals surface area contributed by atoms with E-state index in [1.54, 1.807) is 36.4 Å². The molecule has 2 amide bonds. The molecule has 0 saturated heterocycles. The summed E-state index contributed by atoms with van der Waals surface area (Å²) in [4.78, 5) is 34.4. The molecule has 12 heteroatoms. The van der Waals surface area contributed by atoms with Crippen molar-refractivity contribution < 1.29 is 14.3 Å². The lowest BCUT2D eigenvalue weighted by Gasteiger charge is -2.11. The van der Waals surface area contributed by atoms with Gasteiger partial charge in [0.2, 0.25) is 5.91 Å². The molecule has 2 heterocycles. The SMILES string of the molecule is NNc1ccc(C(=O)NCCCNC(=O)/C=C/c2nc(CSc3c(Cl)cccc3Cl)ccc2OCCc2ccccc2)cn1. The van der Waals surface area contributed by atoms with Crippen molar-refractivity contribution in [2.45, 2.75) is 23.5 Å². The quantitative estimate of drug-likeness (QED) is 0.0409. The van der Waals surface area contributed by atoms with Gasteiger partial charge in [0, 0.05) is 42.4 Å². The van der Waals surface area contributed by atoms with E-state index >= 15 is 0 Å². The molecule has 0 aliphatic heterocycles. The average molecular weight is 652 g/mol. The number of benzene rings is 2. The van der Waals surface area contributed by atoms with Crippen molar-refractivity contribution in [1.82, 2.24) is 20.6 Å². The number of nitrogens with two attached hydrogens (primary N) is 1. The predicted octanol–water partition coefficient (Wildman–Crippen LogP) is 5.93. The molecule has 0 atom stereocenters. The Labute approximate surface area is 270 Å². The summed E-state index contributed by atoms with van der Waals surface area (Å²) >= 11 is 14.1. The van der Waals surface area contributed by atoms with Crippen LogP contribution < -0.4 is 26.6 Å². The largest absolute Gasteiger partial charge is 0.491 e. The van der Waals surface area contributed by atoms with Gasteiger partial charge in [-0.15, -0.1) is 11.8 Å². The van der Waals surface area contributed by atoms with E-state index in [1.165, 1.54) is 24.0 Å². The molecule has 9 nitrogen and oxygen atoms in total. The van der Waals surface area contributed by atoms with E-state index in [0.717, 1.165) is 22.6 Å². The van der Waals surface area contributed by atoms with Crippen molar-refractivity contribution in [3.63, 3.8) is 0 Å². The first kappa shape index (κ1) is 32.8. The number of thioether (sulfide) groups is 1. The standard InChI is InChI=1S/C32H32Cl2N6O3S/c33-25-8-4-9-26(34)31(25)44-21-24-11-13-28(43-19-16-22-6-2-1-3-7-22)27(39-24)12-15-30(41)36-17-5-18-37-32(42)23-10-14-29(40-35)38-20-23/h1-4,6-15,20H,5,16-19,21,35H2,(H,36,41)(H,37,42)(H,38,40)/b15-12+. The lowest BCUT2D eigenvalue weighted by molar-refractivity contribution is -0.116. The number of aromatic nitrogens is 2. The summed E-state index contributed by atoms with van der Waals surface area (Å²) in [5, 5.41) is 6.78. The van der Waals surface area contributed by atoms with E-state index in [2.05, 4.69) is 21.0 Å². The first-order valence-electron chi connectivity index (χ1n) is 13.8. The number of ether oxygens (including phenoxy) is 1. The van der Waals surface area contributed by atoms with Crippen LogP contribution in [-0.4, -0.2) is 41.5 Å². The Morgan fingerprint density at radius 3 is 2.43 bits per heavy atom. The van der Waals surface area contributed by atoms with E-state index in [-0.39, 0.29) is 11.8 Å². The molecule has 4 rings (SSSR count). The molecule has 0 fully saturated rings. The van der Waals surface area contributed by atoms with Crippen LogP contribution in [0.25, 0.3) is 6.08 Å². The number of hydrazine groups is 1. The minimum absolute atomic E-state index is 0.256. The number of anilines is 1. The molecule has 5 N–H and O–H groups in total. The Morgan fingerprint density at radius 1 is 0.932 bits per heavy atom. The van der Waals surface area contributed by atoms with Gasteiger partial charge < -0.3 is 20.8 Å². The summed E-state index contributed by atoms with van der Waals surface area (Å²) in [5.41, 5.74) is 5.31. The number of pyridine rings is 2. The molecule has 4 aromatic rings. The van der Waals surface area contributed by atoms with Crippen molar-refractivity contribution in [3.8, 4) is 5.75 Å². The second kappa shape index (κ2) is 17.3. The summed E-state index contributed by atoms with van der Waals surface area (Å²) in [6.45, 7) is 1.22. The maximum atomic E-state index is 12.6. The number of carbonyl (C=O) groups excluding carboxylic acids is 2. The average Bonchev–Trinajstić information content (AvgIpc) is 3.04. The fourth-order valence-corrected chi connectivity index (χ4v) is 5.54. The number of hydrogen-bond acceptors (Lipinski definition) is 8. The Hall–Kier alpha value is -4.09. The van der Waals surface area contributed by atoms with Crippen LogP contribution in [0.1, 0.15) is 33.7 Å². The normalized spacial score (nSPS) is 10.9. The zero-order valence-corrected chi connectivity index (χ0v) is 26.1. The molecule has 0 bridgehead atoms. The second-order valence-corrected chi connectivity index (χ2v) is 11.2. The summed E-state index contributed by atoms with van der Waals surface area (Å²) in [7, 11) is 0. The van der Waals surface area contributed by atoms with Gasteiger partial charge in [0.1, 0.15) is 17.3 Å². The summed E-state index contributed by atoms with van der Waals surface area (Å²) in [6.07, 6.45) is 5.77. The number of rotatable bonds is 15. The Kier molecular flexibility index (Phi) is 12.9. The van der Waals surface area contributed by atoms with Crippen molar-refractivity contribution in [1.29, 1.82) is 0 Å². The molecule has 0 saturated carbocycles. The van der Waals surface area contributed by atoms with Gasteiger partial charge in [-0.3, -0.25) is 9.59 Å². The molecule has 0 spiro atoms. The van der Waals surface area contributed by atoms with E-state index in [9.17, 15) is 9.59 Å². The fraction of sp³-hybridized carbons (Fsp3) is 0.188. The maximum Gasteiger partial charge on any atom is 0.252 e. The number of hydrogen-bond donors (Lipinski definition) is 4. The Morgan fingerprint density at radius 2 is 1.70 bits per heavy atom. The monoisotopic (exact) mass is 650 g/mol. The fourth-order valence-electron chi connectivity index (χ4n) is 3.95. The number of carbonyl (C=O) groups is 2. The molecule has 0 unspecified atom stereocenters. The zero-order valence-electron chi connectivity index (χ0n) is 23.8. The van der Waals surface area contributed by atoms with Crippen LogP contribution in [0, 0.1) is 0 Å². The van der Waals surface area contributed by atoms with Crippen LogP contribution in [0.3, 0.4) is 0 Å². The molecular formula is C32H32Cl2N6O3S. The number of nitrogens with zero attached hydrogens (tertiary/aromatic N) is 2.